The molecule has 1 fully saturated rings. The van der Waals surface area contributed by atoms with Gasteiger partial charge in [0.2, 0.25) is 0 Å². The fraction of sp³-hybridized carbons (Fsp3) is 1.00. The van der Waals surface area contributed by atoms with Gasteiger partial charge in [-0.3, -0.25) is 0 Å². The van der Waals surface area contributed by atoms with Crippen LogP contribution in [0.3, 0.4) is 0 Å². The minimum absolute atomic E-state index is 0.571. The Kier molecular flexibility index (Phi) is 5.11. The fourth-order valence-electron chi connectivity index (χ4n) is 3.05. The van der Waals surface area contributed by atoms with Crippen molar-refractivity contribution in [3.63, 3.8) is 0 Å². The van der Waals surface area contributed by atoms with Gasteiger partial charge in [-0.05, 0) is 44.1 Å². The maximum atomic E-state index is 3.57. The highest BCUT2D eigenvalue weighted by Crippen LogP contribution is 2.40. The van der Waals surface area contributed by atoms with E-state index >= 15 is 0 Å². The Bertz CT molecular complexity index is 168. The number of hydrogen-bond donors (Lipinski definition) is 1. The minimum atomic E-state index is 0.571. The molecule has 1 nitrogen and oxygen atoms in total. The summed E-state index contributed by atoms with van der Waals surface area (Å²) in [6, 6.07) is 0.736. The highest BCUT2D eigenvalue weighted by molar-refractivity contribution is 4.89. The van der Waals surface area contributed by atoms with Crippen LogP contribution in [0.15, 0.2) is 0 Å². The molecule has 0 aromatic rings. The first-order valence-electron chi connectivity index (χ1n) is 6.76. The van der Waals surface area contributed by atoms with E-state index in [4.69, 9.17) is 0 Å². The average molecular weight is 211 g/mol. The van der Waals surface area contributed by atoms with Crippen LogP contribution in [-0.2, 0) is 0 Å². The SMILES string of the molecule is CNC(CCC(C)C)C1(C)CCCCC1. The van der Waals surface area contributed by atoms with Gasteiger partial charge in [0.05, 0.1) is 0 Å². The van der Waals surface area contributed by atoms with E-state index in [0.29, 0.717) is 5.41 Å². The van der Waals surface area contributed by atoms with E-state index in [2.05, 4.69) is 33.1 Å². The van der Waals surface area contributed by atoms with Crippen molar-refractivity contribution in [3.05, 3.63) is 0 Å². The summed E-state index contributed by atoms with van der Waals surface area (Å²) in [5.74, 6) is 0.841. The lowest BCUT2D eigenvalue weighted by atomic mass is 9.69. The summed E-state index contributed by atoms with van der Waals surface area (Å²) < 4.78 is 0. The van der Waals surface area contributed by atoms with Gasteiger partial charge >= 0.3 is 0 Å². The topological polar surface area (TPSA) is 12.0 Å². The van der Waals surface area contributed by atoms with Gasteiger partial charge in [-0.1, -0.05) is 40.0 Å². The molecule has 1 atom stereocenters. The van der Waals surface area contributed by atoms with Crippen LogP contribution in [0.1, 0.15) is 65.7 Å². The zero-order chi connectivity index (χ0) is 11.3. The first-order valence-corrected chi connectivity index (χ1v) is 6.76. The third-order valence-corrected chi connectivity index (χ3v) is 4.22. The zero-order valence-corrected chi connectivity index (χ0v) is 11.1. The second-order valence-corrected chi connectivity index (χ2v) is 6.03. The van der Waals surface area contributed by atoms with Crippen LogP contribution in [0.2, 0.25) is 0 Å². The van der Waals surface area contributed by atoms with Crippen molar-refractivity contribution in [1.82, 2.24) is 5.32 Å². The predicted octanol–water partition coefficient (Wildman–Crippen LogP) is 3.98. The van der Waals surface area contributed by atoms with Crippen LogP contribution in [0.4, 0.5) is 0 Å². The Morgan fingerprint density at radius 2 is 1.67 bits per heavy atom. The Labute approximate surface area is 96.0 Å². The highest BCUT2D eigenvalue weighted by atomic mass is 14.9. The van der Waals surface area contributed by atoms with Gasteiger partial charge in [0.1, 0.15) is 0 Å². The average Bonchev–Trinajstić information content (AvgIpc) is 2.19. The molecular formula is C14H29N. The number of nitrogens with one attached hydrogen (secondary N) is 1. The molecule has 1 saturated carbocycles. The van der Waals surface area contributed by atoms with Gasteiger partial charge in [-0.25, -0.2) is 0 Å². The lowest BCUT2D eigenvalue weighted by Crippen LogP contribution is -2.43. The summed E-state index contributed by atoms with van der Waals surface area (Å²) in [5.41, 5.74) is 0.571. The fourth-order valence-corrected chi connectivity index (χ4v) is 3.05. The predicted molar refractivity (Wildman–Crippen MR) is 68.1 cm³/mol. The van der Waals surface area contributed by atoms with Crippen molar-refractivity contribution in [2.24, 2.45) is 11.3 Å². The normalized spacial score (nSPS) is 23.0. The van der Waals surface area contributed by atoms with Crippen molar-refractivity contribution < 1.29 is 0 Å². The second kappa shape index (κ2) is 5.89. The molecule has 0 aromatic carbocycles. The van der Waals surface area contributed by atoms with Gasteiger partial charge in [0.15, 0.2) is 0 Å². The summed E-state index contributed by atoms with van der Waals surface area (Å²) in [4.78, 5) is 0. The molecule has 1 aliphatic rings. The van der Waals surface area contributed by atoms with Gasteiger partial charge in [0.25, 0.3) is 0 Å². The first-order chi connectivity index (χ1) is 7.08. The van der Waals surface area contributed by atoms with Crippen molar-refractivity contribution in [2.75, 3.05) is 7.05 Å². The molecule has 0 aromatic heterocycles. The number of hydrogen-bond acceptors (Lipinski definition) is 1. The molecule has 1 aliphatic carbocycles. The molecule has 0 spiro atoms. The summed E-state index contributed by atoms with van der Waals surface area (Å²) >= 11 is 0. The molecule has 0 heterocycles. The number of rotatable bonds is 5. The molecule has 0 amide bonds. The summed E-state index contributed by atoms with van der Waals surface area (Å²) in [7, 11) is 2.14. The molecule has 1 rings (SSSR count). The molecule has 90 valence electrons. The summed E-state index contributed by atoms with van der Waals surface area (Å²) in [6.07, 6.45) is 9.90. The minimum Gasteiger partial charge on any atom is -0.316 e. The molecule has 1 unspecified atom stereocenters. The zero-order valence-electron chi connectivity index (χ0n) is 11.1. The van der Waals surface area contributed by atoms with Crippen molar-refractivity contribution in [2.45, 2.75) is 71.8 Å². The monoisotopic (exact) mass is 211 g/mol. The molecule has 0 aliphatic heterocycles. The third kappa shape index (κ3) is 3.79. The molecule has 0 saturated heterocycles. The van der Waals surface area contributed by atoms with E-state index in [0.717, 1.165) is 12.0 Å². The van der Waals surface area contributed by atoms with Crippen molar-refractivity contribution in [1.29, 1.82) is 0 Å². The Morgan fingerprint density at radius 1 is 1.07 bits per heavy atom. The van der Waals surface area contributed by atoms with E-state index in [9.17, 15) is 0 Å². The molecule has 1 heteroatoms. The smallest absolute Gasteiger partial charge is 0.0118 e. The lowest BCUT2D eigenvalue weighted by molar-refractivity contribution is 0.139. The standard InChI is InChI=1S/C14H29N/c1-12(2)8-9-13(15-4)14(3)10-6-5-7-11-14/h12-13,15H,5-11H2,1-4H3. The largest absolute Gasteiger partial charge is 0.316 e. The molecule has 0 bridgehead atoms. The van der Waals surface area contributed by atoms with E-state index in [1.54, 1.807) is 0 Å². The molecule has 1 N–H and O–H groups in total. The third-order valence-electron chi connectivity index (χ3n) is 4.22. The summed E-state index contributed by atoms with van der Waals surface area (Å²) in [6.45, 7) is 7.15. The van der Waals surface area contributed by atoms with Gasteiger partial charge in [-0.2, -0.15) is 0 Å². The summed E-state index contributed by atoms with van der Waals surface area (Å²) in [5, 5.41) is 3.57. The Balaban J connectivity index is 2.47. The van der Waals surface area contributed by atoms with Crippen molar-refractivity contribution >= 4 is 0 Å². The maximum Gasteiger partial charge on any atom is 0.0118 e. The van der Waals surface area contributed by atoms with Gasteiger partial charge < -0.3 is 5.32 Å². The molecule has 15 heavy (non-hydrogen) atoms. The van der Waals surface area contributed by atoms with Crippen LogP contribution in [0.5, 0.6) is 0 Å². The second-order valence-electron chi connectivity index (χ2n) is 6.03. The quantitative estimate of drug-likeness (QED) is 0.725. The van der Waals surface area contributed by atoms with E-state index < -0.39 is 0 Å². The van der Waals surface area contributed by atoms with Crippen LogP contribution >= 0.6 is 0 Å². The molecule has 0 radical (unpaired) electrons. The van der Waals surface area contributed by atoms with Crippen LogP contribution in [-0.4, -0.2) is 13.1 Å². The molecular weight excluding hydrogens is 182 g/mol. The van der Waals surface area contributed by atoms with Gasteiger partial charge in [-0.15, -0.1) is 0 Å². The highest BCUT2D eigenvalue weighted by Gasteiger charge is 2.34. The Hall–Kier alpha value is -0.0400. The van der Waals surface area contributed by atoms with Gasteiger partial charge in [0, 0.05) is 6.04 Å². The van der Waals surface area contributed by atoms with E-state index in [1.165, 1.54) is 44.9 Å². The first kappa shape index (κ1) is 13.0. The lowest BCUT2D eigenvalue weighted by Gasteiger charge is -2.41. The Morgan fingerprint density at radius 3 is 2.13 bits per heavy atom. The maximum absolute atomic E-state index is 3.57. The van der Waals surface area contributed by atoms with Crippen LogP contribution in [0, 0.1) is 11.3 Å². The van der Waals surface area contributed by atoms with Crippen LogP contribution < -0.4 is 5.32 Å². The van der Waals surface area contributed by atoms with E-state index in [1.807, 2.05) is 0 Å². The van der Waals surface area contributed by atoms with Crippen molar-refractivity contribution in [3.8, 4) is 0 Å². The van der Waals surface area contributed by atoms with Crippen LogP contribution in [0.25, 0.3) is 0 Å². The van der Waals surface area contributed by atoms with E-state index in [-0.39, 0.29) is 0 Å².